The number of aliphatic hydroxyl groups excluding tert-OH is 1. The molecule has 6 atom stereocenters. The van der Waals surface area contributed by atoms with Crippen LogP contribution in [0.1, 0.15) is 49.7 Å². The molecule has 2 aromatic rings. The molecule has 0 saturated heterocycles. The van der Waals surface area contributed by atoms with Gasteiger partial charge in [-0.3, -0.25) is 0 Å². The molecule has 0 bridgehead atoms. The van der Waals surface area contributed by atoms with Crippen molar-refractivity contribution in [3.63, 3.8) is 0 Å². The lowest BCUT2D eigenvalue weighted by molar-refractivity contribution is -0.0258. The van der Waals surface area contributed by atoms with Crippen molar-refractivity contribution >= 4 is 5.69 Å². The number of aliphatic hydroxyl groups is 1. The van der Waals surface area contributed by atoms with Gasteiger partial charge >= 0.3 is 0 Å². The Labute approximate surface area is 179 Å². The number of para-hydroxylation sites is 2. The maximum atomic E-state index is 11.5. The van der Waals surface area contributed by atoms with Crippen molar-refractivity contribution < 1.29 is 14.9 Å². The zero-order chi connectivity index (χ0) is 21.0. The Hall–Kier alpha value is -2.20. The van der Waals surface area contributed by atoms with E-state index in [1.54, 1.807) is 13.2 Å². The van der Waals surface area contributed by atoms with Gasteiger partial charge in [-0.05, 0) is 90.7 Å². The van der Waals surface area contributed by atoms with Crippen LogP contribution in [0.25, 0.3) is 0 Å². The van der Waals surface area contributed by atoms with Crippen LogP contribution in [-0.2, 0) is 6.42 Å². The van der Waals surface area contributed by atoms with Crippen molar-refractivity contribution in [3.8, 4) is 11.5 Å². The maximum Gasteiger partial charge on any atom is 0.138 e. The molecule has 0 amide bonds. The number of anilines is 1. The average molecular weight is 408 g/mol. The molecule has 2 N–H and O–H groups in total. The van der Waals surface area contributed by atoms with Gasteiger partial charge in [0.15, 0.2) is 0 Å². The Morgan fingerprint density at radius 3 is 2.70 bits per heavy atom. The first-order chi connectivity index (χ1) is 14.4. The number of likely N-dealkylation sites (N-methyl/N-ethyl adjacent to an activating group) is 1. The molecule has 4 heteroatoms. The lowest BCUT2D eigenvalue weighted by Gasteiger charge is -2.50. The van der Waals surface area contributed by atoms with Crippen molar-refractivity contribution in [2.45, 2.75) is 57.1 Å². The van der Waals surface area contributed by atoms with Gasteiger partial charge in [-0.15, -0.1) is 0 Å². The monoisotopic (exact) mass is 407 g/mol. The third-order valence-electron chi connectivity index (χ3n) is 8.67. The minimum Gasteiger partial charge on any atom is -0.506 e. The van der Waals surface area contributed by atoms with E-state index in [2.05, 4.69) is 30.0 Å². The first-order valence-corrected chi connectivity index (χ1v) is 11.3. The Morgan fingerprint density at radius 2 is 1.93 bits per heavy atom. The summed E-state index contributed by atoms with van der Waals surface area (Å²) in [4.78, 5) is 2.11. The van der Waals surface area contributed by atoms with Crippen LogP contribution in [0.2, 0.25) is 0 Å². The van der Waals surface area contributed by atoms with Crippen LogP contribution in [0.3, 0.4) is 0 Å². The highest BCUT2D eigenvalue weighted by atomic mass is 16.5. The highest BCUT2D eigenvalue weighted by Gasteiger charge is 2.58. The second-order valence-electron chi connectivity index (χ2n) is 9.87. The number of ether oxygens (including phenoxy) is 1. The van der Waals surface area contributed by atoms with Crippen LogP contribution >= 0.6 is 0 Å². The zero-order valence-corrected chi connectivity index (χ0v) is 18.2. The van der Waals surface area contributed by atoms with Gasteiger partial charge in [0.2, 0.25) is 0 Å². The summed E-state index contributed by atoms with van der Waals surface area (Å²) in [6, 6.07) is 14.1. The van der Waals surface area contributed by atoms with Gasteiger partial charge in [-0.25, -0.2) is 0 Å². The van der Waals surface area contributed by atoms with Crippen molar-refractivity contribution in [1.29, 1.82) is 0 Å². The molecule has 1 unspecified atom stereocenters. The summed E-state index contributed by atoms with van der Waals surface area (Å²) < 4.78 is 5.45. The van der Waals surface area contributed by atoms with Crippen LogP contribution in [0, 0.1) is 17.3 Å². The van der Waals surface area contributed by atoms with Gasteiger partial charge in [0, 0.05) is 7.05 Å². The molecule has 0 radical (unpaired) electrons. The molecular formula is C26H33NO3. The maximum absolute atomic E-state index is 11.5. The van der Waals surface area contributed by atoms with Crippen LogP contribution < -0.4 is 9.64 Å². The van der Waals surface area contributed by atoms with Crippen LogP contribution in [0.4, 0.5) is 5.69 Å². The van der Waals surface area contributed by atoms with Crippen molar-refractivity contribution in [2.24, 2.45) is 17.3 Å². The Morgan fingerprint density at radius 1 is 1.13 bits per heavy atom. The number of benzene rings is 2. The SMILES string of the molecule is COc1ccc2c(c1)CC[C@@H]1[C@@H]2CC[C@]2(C)[C@H](O)C(N(C)c3ccccc3O)C[C@@H]12. The van der Waals surface area contributed by atoms with E-state index >= 15 is 0 Å². The van der Waals surface area contributed by atoms with Gasteiger partial charge in [0.05, 0.1) is 24.9 Å². The number of aryl methyl sites for hydroxylation is 1. The molecular weight excluding hydrogens is 374 g/mol. The van der Waals surface area contributed by atoms with E-state index in [1.807, 2.05) is 25.2 Å². The normalized spacial score (nSPS) is 34.6. The molecule has 2 aromatic carbocycles. The predicted octanol–water partition coefficient (Wildman–Crippen LogP) is 4.73. The lowest BCUT2D eigenvalue weighted by atomic mass is 9.55. The van der Waals surface area contributed by atoms with E-state index in [-0.39, 0.29) is 23.3 Å². The third-order valence-corrected chi connectivity index (χ3v) is 8.67. The summed E-state index contributed by atoms with van der Waals surface area (Å²) in [6.07, 6.45) is 5.07. The van der Waals surface area contributed by atoms with Crippen LogP contribution in [0.5, 0.6) is 11.5 Å². The standard InChI is InChI=1S/C26H33NO3/c1-26-13-12-19-18-11-9-17(30-3)14-16(18)8-10-20(19)21(26)15-23(25(26)29)27(2)22-6-4-5-7-24(22)28/h4-7,9,11,14,19-21,23,25,28-29H,8,10,12-13,15H2,1-3H3/t19-,20-,21+,23?,25-,26+/m1/s1. The number of rotatable bonds is 3. The van der Waals surface area contributed by atoms with Gasteiger partial charge in [0.25, 0.3) is 0 Å². The lowest BCUT2D eigenvalue weighted by Crippen LogP contribution is -2.47. The summed E-state index contributed by atoms with van der Waals surface area (Å²) in [6.45, 7) is 2.31. The van der Waals surface area contributed by atoms with Crippen molar-refractivity contribution in [2.75, 3.05) is 19.1 Å². The summed E-state index contributed by atoms with van der Waals surface area (Å²) in [7, 11) is 3.75. The molecule has 3 aliphatic rings. The van der Waals surface area contributed by atoms with E-state index in [4.69, 9.17) is 4.74 Å². The quantitative estimate of drug-likeness (QED) is 0.772. The van der Waals surface area contributed by atoms with E-state index in [0.29, 0.717) is 17.8 Å². The Kier molecular flexibility index (Phi) is 4.73. The number of fused-ring (bicyclic) bond motifs is 5. The second-order valence-corrected chi connectivity index (χ2v) is 9.87. The molecule has 30 heavy (non-hydrogen) atoms. The van der Waals surface area contributed by atoms with Gasteiger partial charge in [-0.2, -0.15) is 0 Å². The summed E-state index contributed by atoms with van der Waals surface area (Å²) in [5.74, 6) is 2.93. The fourth-order valence-corrected chi connectivity index (χ4v) is 6.98. The van der Waals surface area contributed by atoms with E-state index in [1.165, 1.54) is 17.5 Å². The topological polar surface area (TPSA) is 52.9 Å². The fourth-order valence-electron chi connectivity index (χ4n) is 6.98. The molecule has 5 rings (SSSR count). The molecule has 4 nitrogen and oxygen atoms in total. The summed E-state index contributed by atoms with van der Waals surface area (Å²) in [5, 5.41) is 21.8. The molecule has 160 valence electrons. The van der Waals surface area contributed by atoms with E-state index in [9.17, 15) is 10.2 Å². The van der Waals surface area contributed by atoms with Crippen molar-refractivity contribution in [3.05, 3.63) is 53.6 Å². The highest BCUT2D eigenvalue weighted by Crippen LogP contribution is 2.61. The summed E-state index contributed by atoms with van der Waals surface area (Å²) >= 11 is 0. The fraction of sp³-hybridized carbons (Fsp3) is 0.538. The predicted molar refractivity (Wildman–Crippen MR) is 119 cm³/mol. The first kappa shape index (κ1) is 19.7. The second kappa shape index (κ2) is 7.19. The van der Waals surface area contributed by atoms with Crippen molar-refractivity contribution in [1.82, 2.24) is 0 Å². The number of aromatic hydroxyl groups is 1. The summed E-state index contributed by atoms with van der Waals surface area (Å²) in [5.41, 5.74) is 3.69. The smallest absolute Gasteiger partial charge is 0.138 e. The third kappa shape index (κ3) is 2.84. The molecule has 2 fully saturated rings. The molecule has 0 spiro atoms. The number of hydrogen-bond acceptors (Lipinski definition) is 4. The number of phenols is 1. The van der Waals surface area contributed by atoms with Gasteiger partial charge < -0.3 is 19.8 Å². The minimum atomic E-state index is -0.384. The zero-order valence-electron chi connectivity index (χ0n) is 18.2. The van der Waals surface area contributed by atoms with Crippen LogP contribution in [-0.4, -0.2) is 36.5 Å². The molecule has 0 heterocycles. The molecule has 2 saturated carbocycles. The number of phenolic OH excluding ortho intramolecular Hbond substituents is 1. The van der Waals surface area contributed by atoms with E-state index < -0.39 is 0 Å². The highest BCUT2D eigenvalue weighted by molar-refractivity contribution is 5.58. The van der Waals surface area contributed by atoms with Crippen LogP contribution in [0.15, 0.2) is 42.5 Å². The number of nitrogens with zero attached hydrogens (tertiary/aromatic N) is 1. The number of methoxy groups -OCH3 is 1. The first-order valence-electron chi connectivity index (χ1n) is 11.3. The molecule has 0 aliphatic heterocycles. The Balaban J connectivity index is 1.45. The minimum absolute atomic E-state index is 0.0318. The Bertz CT molecular complexity index is 944. The van der Waals surface area contributed by atoms with Gasteiger partial charge in [0.1, 0.15) is 11.5 Å². The molecule has 0 aromatic heterocycles. The van der Waals surface area contributed by atoms with Gasteiger partial charge in [-0.1, -0.05) is 25.1 Å². The number of hydrogen-bond donors (Lipinski definition) is 2. The average Bonchev–Trinajstić information content (AvgIpc) is 3.04. The molecule has 3 aliphatic carbocycles. The largest absolute Gasteiger partial charge is 0.506 e. The van der Waals surface area contributed by atoms with E-state index in [0.717, 1.165) is 37.1 Å².